The topological polar surface area (TPSA) is 42.7 Å². The lowest BCUT2D eigenvalue weighted by Crippen LogP contribution is -2.07. The number of rotatable bonds is 4. The maximum atomic E-state index is 4.35. The lowest BCUT2D eigenvalue weighted by Gasteiger charge is -2.04. The molecule has 0 saturated heterocycles. The van der Waals surface area contributed by atoms with E-state index >= 15 is 0 Å². The van der Waals surface area contributed by atoms with Crippen LogP contribution in [-0.4, -0.2) is 21.1 Å². The Bertz CT molecular complexity index is 458. The number of nitrogens with one attached hydrogen (secondary N) is 1. The minimum atomic E-state index is 0.629. The third kappa shape index (κ3) is 2.41. The van der Waals surface area contributed by atoms with Crippen molar-refractivity contribution < 1.29 is 0 Å². The van der Waals surface area contributed by atoms with E-state index in [1.807, 2.05) is 24.0 Å². The van der Waals surface area contributed by atoms with Gasteiger partial charge in [0.15, 0.2) is 5.13 Å². The van der Waals surface area contributed by atoms with Crippen molar-refractivity contribution in [1.82, 2.24) is 14.5 Å². The lowest BCUT2D eigenvalue weighted by atomic mass is 10.2. The molecule has 0 radical (unpaired) electrons. The first-order valence-electron chi connectivity index (χ1n) is 5.33. The minimum Gasteiger partial charge on any atom is -0.361 e. The zero-order valence-corrected chi connectivity index (χ0v) is 10.6. The van der Waals surface area contributed by atoms with E-state index in [1.54, 1.807) is 17.7 Å². The first-order chi connectivity index (χ1) is 7.66. The number of aryl methyl sites for hydroxylation is 1. The molecular weight excluding hydrogens is 220 g/mol. The number of imidazole rings is 1. The molecule has 0 unspecified atom stereocenters. The molecule has 0 aliphatic rings. The molecule has 2 heterocycles. The van der Waals surface area contributed by atoms with Crippen molar-refractivity contribution in [3.8, 4) is 10.6 Å². The van der Waals surface area contributed by atoms with E-state index in [4.69, 9.17) is 0 Å². The molecule has 2 aromatic heterocycles. The highest BCUT2D eigenvalue weighted by molar-refractivity contribution is 7.18. The monoisotopic (exact) mass is 236 g/mol. The van der Waals surface area contributed by atoms with Crippen LogP contribution in [0.1, 0.15) is 13.8 Å². The summed E-state index contributed by atoms with van der Waals surface area (Å²) in [6.07, 6.45) is 5.56. The molecule has 0 aliphatic carbocycles. The van der Waals surface area contributed by atoms with Gasteiger partial charge in [-0.15, -0.1) is 0 Å². The predicted molar refractivity (Wildman–Crippen MR) is 67.6 cm³/mol. The molecule has 0 atom stereocenters. The van der Waals surface area contributed by atoms with Crippen LogP contribution in [-0.2, 0) is 7.05 Å². The molecular formula is C11H16N4S. The van der Waals surface area contributed by atoms with Gasteiger partial charge in [-0.25, -0.2) is 9.97 Å². The van der Waals surface area contributed by atoms with Crippen LogP contribution in [0.3, 0.4) is 0 Å². The van der Waals surface area contributed by atoms with Gasteiger partial charge < -0.3 is 9.88 Å². The normalized spacial score (nSPS) is 11.0. The Kier molecular flexibility index (Phi) is 3.24. The molecule has 4 nitrogen and oxygen atoms in total. The molecule has 0 fully saturated rings. The molecule has 1 N–H and O–H groups in total. The predicted octanol–water partition coefficient (Wildman–Crippen LogP) is 2.61. The van der Waals surface area contributed by atoms with Gasteiger partial charge >= 0.3 is 0 Å². The molecule has 2 rings (SSSR count). The van der Waals surface area contributed by atoms with Crippen molar-refractivity contribution in [3.05, 3.63) is 18.7 Å². The summed E-state index contributed by atoms with van der Waals surface area (Å²) >= 11 is 1.66. The summed E-state index contributed by atoms with van der Waals surface area (Å²) in [5.41, 5.74) is 1.11. The molecule has 0 aromatic carbocycles. The number of nitrogens with zero attached hydrogens (tertiary/aromatic N) is 3. The maximum absolute atomic E-state index is 4.35. The van der Waals surface area contributed by atoms with Crippen LogP contribution in [0.5, 0.6) is 0 Å². The van der Waals surface area contributed by atoms with Crippen molar-refractivity contribution in [1.29, 1.82) is 0 Å². The molecule has 0 bridgehead atoms. The second-order valence-corrected chi connectivity index (χ2v) is 5.22. The Labute approximate surface area is 99.4 Å². The summed E-state index contributed by atoms with van der Waals surface area (Å²) in [5, 5.41) is 4.30. The number of hydrogen-bond acceptors (Lipinski definition) is 4. The zero-order valence-electron chi connectivity index (χ0n) is 9.77. The van der Waals surface area contributed by atoms with E-state index in [2.05, 4.69) is 29.1 Å². The molecule has 16 heavy (non-hydrogen) atoms. The van der Waals surface area contributed by atoms with Gasteiger partial charge in [-0.05, 0) is 5.92 Å². The van der Waals surface area contributed by atoms with Crippen LogP contribution < -0.4 is 5.32 Å². The number of aromatic nitrogens is 3. The first-order valence-corrected chi connectivity index (χ1v) is 6.15. The molecule has 0 saturated carbocycles. The van der Waals surface area contributed by atoms with E-state index in [9.17, 15) is 0 Å². The number of hydrogen-bond donors (Lipinski definition) is 1. The largest absolute Gasteiger partial charge is 0.361 e. The van der Waals surface area contributed by atoms with Gasteiger partial charge in [0.1, 0.15) is 0 Å². The van der Waals surface area contributed by atoms with Crippen LogP contribution in [0.2, 0.25) is 0 Å². The first kappa shape index (κ1) is 11.1. The second kappa shape index (κ2) is 4.65. The fourth-order valence-electron chi connectivity index (χ4n) is 1.36. The van der Waals surface area contributed by atoms with Gasteiger partial charge in [0.05, 0.1) is 23.1 Å². The molecule has 86 valence electrons. The van der Waals surface area contributed by atoms with E-state index in [-0.39, 0.29) is 0 Å². The zero-order chi connectivity index (χ0) is 11.5. The highest BCUT2D eigenvalue weighted by Crippen LogP contribution is 2.28. The highest BCUT2D eigenvalue weighted by Gasteiger charge is 2.07. The average molecular weight is 236 g/mol. The van der Waals surface area contributed by atoms with E-state index in [1.165, 1.54) is 0 Å². The Balaban J connectivity index is 2.11. The van der Waals surface area contributed by atoms with E-state index in [0.717, 1.165) is 22.2 Å². The van der Waals surface area contributed by atoms with Crippen molar-refractivity contribution >= 4 is 16.5 Å². The molecule has 2 aromatic rings. The van der Waals surface area contributed by atoms with Crippen molar-refractivity contribution in [2.45, 2.75) is 13.8 Å². The van der Waals surface area contributed by atoms with Gasteiger partial charge in [0.2, 0.25) is 0 Å². The van der Waals surface area contributed by atoms with Crippen molar-refractivity contribution in [3.63, 3.8) is 0 Å². The summed E-state index contributed by atoms with van der Waals surface area (Å²) in [6, 6.07) is 0. The quantitative estimate of drug-likeness (QED) is 0.887. The van der Waals surface area contributed by atoms with Gasteiger partial charge in [-0.3, -0.25) is 0 Å². The Hall–Kier alpha value is -1.36. The summed E-state index contributed by atoms with van der Waals surface area (Å²) in [5.74, 6) is 0.629. The molecule has 0 aliphatic heterocycles. The standard InChI is InChI=1S/C11H16N4S/c1-8(2)4-13-11-14-6-10(16-11)9-5-12-7-15(9)3/h5-8H,4H2,1-3H3,(H,13,14). The third-order valence-corrected chi connectivity index (χ3v) is 3.21. The Morgan fingerprint density at radius 3 is 2.88 bits per heavy atom. The van der Waals surface area contributed by atoms with Crippen LogP contribution in [0.4, 0.5) is 5.13 Å². The third-order valence-electron chi connectivity index (χ3n) is 2.24. The second-order valence-electron chi connectivity index (χ2n) is 4.19. The highest BCUT2D eigenvalue weighted by atomic mass is 32.1. The minimum absolute atomic E-state index is 0.629. The number of thiazole rings is 1. The van der Waals surface area contributed by atoms with Crippen LogP contribution in [0.15, 0.2) is 18.7 Å². The number of anilines is 1. The Morgan fingerprint density at radius 1 is 1.44 bits per heavy atom. The van der Waals surface area contributed by atoms with Crippen molar-refractivity contribution in [2.24, 2.45) is 13.0 Å². The summed E-state index contributed by atoms with van der Waals surface area (Å²) < 4.78 is 2.00. The van der Waals surface area contributed by atoms with E-state index in [0.29, 0.717) is 5.92 Å². The van der Waals surface area contributed by atoms with Crippen LogP contribution in [0, 0.1) is 5.92 Å². The van der Waals surface area contributed by atoms with Gasteiger partial charge in [0.25, 0.3) is 0 Å². The Morgan fingerprint density at radius 2 is 2.25 bits per heavy atom. The fraction of sp³-hybridized carbons (Fsp3) is 0.455. The molecule has 0 amide bonds. The summed E-state index contributed by atoms with van der Waals surface area (Å²) in [6.45, 7) is 5.32. The summed E-state index contributed by atoms with van der Waals surface area (Å²) in [4.78, 5) is 9.60. The van der Waals surface area contributed by atoms with Gasteiger partial charge in [0, 0.05) is 19.8 Å². The van der Waals surface area contributed by atoms with Crippen LogP contribution >= 0.6 is 11.3 Å². The van der Waals surface area contributed by atoms with Gasteiger partial charge in [-0.1, -0.05) is 25.2 Å². The van der Waals surface area contributed by atoms with E-state index < -0.39 is 0 Å². The summed E-state index contributed by atoms with van der Waals surface area (Å²) in [7, 11) is 1.99. The van der Waals surface area contributed by atoms with Crippen molar-refractivity contribution in [2.75, 3.05) is 11.9 Å². The lowest BCUT2D eigenvalue weighted by molar-refractivity contribution is 0.688. The average Bonchev–Trinajstić information content (AvgIpc) is 2.83. The smallest absolute Gasteiger partial charge is 0.183 e. The molecule has 0 spiro atoms. The molecule has 5 heteroatoms. The maximum Gasteiger partial charge on any atom is 0.183 e. The fourth-order valence-corrected chi connectivity index (χ4v) is 2.24. The van der Waals surface area contributed by atoms with Crippen LogP contribution in [0.25, 0.3) is 10.6 Å². The van der Waals surface area contributed by atoms with Gasteiger partial charge in [-0.2, -0.15) is 0 Å². The SMILES string of the molecule is CC(C)CNc1ncc(-c2cncn2C)s1.